The van der Waals surface area contributed by atoms with Crippen LogP contribution in [0, 0.1) is 6.92 Å². The standard InChI is InChI=1S/C25H26N2O4S/c1-16-6-5-7-20(14-16)27-24(28)17(2)32-21-11-9-19(10-12-21)26-25(29)18-8-13-22(30-3)23(15-18)31-4/h5-15,17H,1-4H3,(H,26,29)(H,27,28). The molecular formula is C25H26N2O4S. The van der Waals surface area contributed by atoms with Crippen molar-refractivity contribution in [2.24, 2.45) is 0 Å². The van der Waals surface area contributed by atoms with Crippen LogP contribution in [0.2, 0.25) is 0 Å². The molecule has 0 aliphatic rings. The largest absolute Gasteiger partial charge is 0.493 e. The zero-order chi connectivity index (χ0) is 23.1. The van der Waals surface area contributed by atoms with Crippen molar-refractivity contribution in [2.45, 2.75) is 24.0 Å². The summed E-state index contributed by atoms with van der Waals surface area (Å²) in [5.41, 5.74) is 3.00. The van der Waals surface area contributed by atoms with Gasteiger partial charge in [0.1, 0.15) is 0 Å². The van der Waals surface area contributed by atoms with Gasteiger partial charge in [0, 0.05) is 21.8 Å². The molecule has 7 heteroatoms. The van der Waals surface area contributed by atoms with Crippen molar-refractivity contribution in [1.82, 2.24) is 0 Å². The van der Waals surface area contributed by atoms with Crippen LogP contribution >= 0.6 is 11.8 Å². The maximum atomic E-state index is 12.6. The first-order valence-corrected chi connectivity index (χ1v) is 10.9. The Morgan fingerprint density at radius 3 is 2.22 bits per heavy atom. The zero-order valence-corrected chi connectivity index (χ0v) is 19.3. The number of methoxy groups -OCH3 is 2. The third-order valence-corrected chi connectivity index (χ3v) is 5.84. The van der Waals surface area contributed by atoms with Crippen molar-refractivity contribution in [3.8, 4) is 11.5 Å². The summed E-state index contributed by atoms with van der Waals surface area (Å²) in [6.45, 7) is 3.85. The van der Waals surface area contributed by atoms with Gasteiger partial charge in [-0.25, -0.2) is 0 Å². The summed E-state index contributed by atoms with van der Waals surface area (Å²) in [4.78, 5) is 26.0. The van der Waals surface area contributed by atoms with E-state index >= 15 is 0 Å². The van der Waals surface area contributed by atoms with Crippen LogP contribution in [-0.4, -0.2) is 31.3 Å². The molecular weight excluding hydrogens is 424 g/mol. The van der Waals surface area contributed by atoms with E-state index in [1.165, 1.54) is 18.9 Å². The van der Waals surface area contributed by atoms with Crippen LogP contribution in [-0.2, 0) is 4.79 Å². The summed E-state index contributed by atoms with van der Waals surface area (Å²) in [7, 11) is 3.07. The van der Waals surface area contributed by atoms with E-state index in [4.69, 9.17) is 9.47 Å². The molecule has 2 amide bonds. The van der Waals surface area contributed by atoms with Crippen LogP contribution in [0.3, 0.4) is 0 Å². The van der Waals surface area contributed by atoms with E-state index in [2.05, 4.69) is 10.6 Å². The van der Waals surface area contributed by atoms with Crippen molar-refractivity contribution in [3.63, 3.8) is 0 Å². The molecule has 0 fully saturated rings. The summed E-state index contributed by atoms with van der Waals surface area (Å²) in [5.74, 6) is 0.736. The SMILES string of the molecule is COc1ccc(C(=O)Nc2ccc(SC(C)C(=O)Nc3cccc(C)c3)cc2)cc1OC. The average Bonchev–Trinajstić information content (AvgIpc) is 2.79. The Labute approximate surface area is 192 Å². The predicted octanol–water partition coefficient (Wildman–Crippen LogP) is 5.38. The van der Waals surface area contributed by atoms with Crippen LogP contribution in [0.4, 0.5) is 11.4 Å². The average molecular weight is 451 g/mol. The van der Waals surface area contributed by atoms with Gasteiger partial charge >= 0.3 is 0 Å². The zero-order valence-electron chi connectivity index (χ0n) is 18.5. The minimum absolute atomic E-state index is 0.0635. The summed E-state index contributed by atoms with van der Waals surface area (Å²) in [6.07, 6.45) is 0. The number of hydrogen-bond donors (Lipinski definition) is 2. The minimum atomic E-state index is -0.275. The fraction of sp³-hybridized carbons (Fsp3) is 0.200. The van der Waals surface area contributed by atoms with Crippen LogP contribution < -0.4 is 20.1 Å². The van der Waals surface area contributed by atoms with Crippen molar-refractivity contribution in [3.05, 3.63) is 77.9 Å². The van der Waals surface area contributed by atoms with Gasteiger partial charge < -0.3 is 20.1 Å². The van der Waals surface area contributed by atoms with E-state index in [1.54, 1.807) is 25.3 Å². The minimum Gasteiger partial charge on any atom is -0.493 e. The lowest BCUT2D eigenvalue weighted by Crippen LogP contribution is -2.22. The van der Waals surface area contributed by atoms with Crippen LogP contribution in [0.1, 0.15) is 22.8 Å². The summed E-state index contributed by atoms with van der Waals surface area (Å²) >= 11 is 1.45. The lowest BCUT2D eigenvalue weighted by molar-refractivity contribution is -0.115. The number of rotatable bonds is 8. The number of ether oxygens (including phenoxy) is 2. The van der Waals surface area contributed by atoms with Gasteiger partial charge in [-0.15, -0.1) is 11.8 Å². The number of thioether (sulfide) groups is 1. The molecule has 0 saturated heterocycles. The van der Waals surface area contributed by atoms with Crippen molar-refractivity contribution in [2.75, 3.05) is 24.9 Å². The van der Waals surface area contributed by atoms with Crippen LogP contribution in [0.25, 0.3) is 0 Å². The van der Waals surface area contributed by atoms with E-state index in [9.17, 15) is 9.59 Å². The predicted molar refractivity (Wildman–Crippen MR) is 129 cm³/mol. The van der Waals surface area contributed by atoms with Crippen molar-refractivity contribution >= 4 is 35.0 Å². The molecule has 3 rings (SSSR count). The quantitative estimate of drug-likeness (QED) is 0.451. The van der Waals surface area contributed by atoms with E-state index in [0.29, 0.717) is 22.7 Å². The van der Waals surface area contributed by atoms with Crippen LogP contribution in [0.5, 0.6) is 11.5 Å². The van der Waals surface area contributed by atoms with Gasteiger partial charge in [-0.3, -0.25) is 9.59 Å². The summed E-state index contributed by atoms with van der Waals surface area (Å²) in [5, 5.41) is 5.53. The van der Waals surface area contributed by atoms with Crippen molar-refractivity contribution in [1.29, 1.82) is 0 Å². The molecule has 32 heavy (non-hydrogen) atoms. The first kappa shape index (κ1) is 23.2. The molecule has 0 heterocycles. The van der Waals surface area contributed by atoms with E-state index in [1.807, 2.05) is 62.4 Å². The maximum absolute atomic E-state index is 12.6. The molecule has 0 bridgehead atoms. The molecule has 166 valence electrons. The second-order valence-electron chi connectivity index (χ2n) is 7.17. The van der Waals surface area contributed by atoms with Crippen LogP contribution in [0.15, 0.2) is 71.6 Å². The Morgan fingerprint density at radius 1 is 0.844 bits per heavy atom. The highest BCUT2D eigenvalue weighted by molar-refractivity contribution is 8.00. The summed E-state index contributed by atoms with van der Waals surface area (Å²) in [6, 6.07) is 20.1. The third kappa shape index (κ3) is 6.04. The number of carbonyl (C=O) groups is 2. The second kappa shape index (κ2) is 10.7. The van der Waals surface area contributed by atoms with Crippen molar-refractivity contribution < 1.29 is 19.1 Å². The molecule has 0 aliphatic heterocycles. The first-order valence-electron chi connectivity index (χ1n) is 10.1. The number of anilines is 2. The lowest BCUT2D eigenvalue weighted by atomic mass is 10.2. The molecule has 0 aliphatic carbocycles. The molecule has 2 N–H and O–H groups in total. The smallest absolute Gasteiger partial charge is 0.255 e. The Morgan fingerprint density at radius 2 is 1.56 bits per heavy atom. The number of nitrogens with one attached hydrogen (secondary N) is 2. The third-order valence-electron chi connectivity index (χ3n) is 4.73. The van der Waals surface area contributed by atoms with Gasteiger partial charge in [0.25, 0.3) is 5.91 Å². The number of carbonyl (C=O) groups excluding carboxylic acids is 2. The number of benzene rings is 3. The van der Waals surface area contributed by atoms with E-state index in [-0.39, 0.29) is 17.1 Å². The van der Waals surface area contributed by atoms with E-state index in [0.717, 1.165) is 16.1 Å². The number of hydrogen-bond acceptors (Lipinski definition) is 5. The summed E-state index contributed by atoms with van der Waals surface area (Å²) < 4.78 is 10.5. The molecule has 6 nitrogen and oxygen atoms in total. The Kier molecular flexibility index (Phi) is 7.78. The fourth-order valence-electron chi connectivity index (χ4n) is 3.02. The number of amides is 2. The molecule has 3 aromatic rings. The Bertz CT molecular complexity index is 1100. The molecule has 0 saturated carbocycles. The highest BCUT2D eigenvalue weighted by Gasteiger charge is 2.15. The number of aryl methyl sites for hydroxylation is 1. The topological polar surface area (TPSA) is 76.7 Å². The van der Waals surface area contributed by atoms with Gasteiger partial charge in [-0.1, -0.05) is 12.1 Å². The first-order chi connectivity index (χ1) is 15.4. The van der Waals surface area contributed by atoms with Gasteiger partial charge in [-0.05, 0) is 74.0 Å². The molecule has 0 aromatic heterocycles. The Balaban J connectivity index is 1.58. The normalized spacial score (nSPS) is 11.4. The monoisotopic (exact) mass is 450 g/mol. The lowest BCUT2D eigenvalue weighted by Gasteiger charge is -2.13. The highest BCUT2D eigenvalue weighted by atomic mass is 32.2. The van der Waals surface area contributed by atoms with Gasteiger partial charge in [0.2, 0.25) is 5.91 Å². The van der Waals surface area contributed by atoms with E-state index < -0.39 is 0 Å². The second-order valence-corrected chi connectivity index (χ2v) is 8.58. The molecule has 3 aromatic carbocycles. The Hall–Kier alpha value is -3.45. The molecule has 1 unspecified atom stereocenters. The van der Waals surface area contributed by atoms with Gasteiger partial charge in [-0.2, -0.15) is 0 Å². The molecule has 1 atom stereocenters. The van der Waals surface area contributed by atoms with Gasteiger partial charge in [0.15, 0.2) is 11.5 Å². The fourth-order valence-corrected chi connectivity index (χ4v) is 3.89. The van der Waals surface area contributed by atoms with Gasteiger partial charge in [0.05, 0.1) is 19.5 Å². The molecule has 0 radical (unpaired) electrons. The maximum Gasteiger partial charge on any atom is 0.255 e. The molecule has 0 spiro atoms. The highest BCUT2D eigenvalue weighted by Crippen LogP contribution is 2.29.